The Balaban J connectivity index is 1.34. The highest BCUT2D eigenvalue weighted by Crippen LogP contribution is 2.35. The Labute approximate surface area is 192 Å². The first-order valence-corrected chi connectivity index (χ1v) is 12.5. The molecule has 170 valence electrons. The molecule has 0 saturated heterocycles. The van der Waals surface area contributed by atoms with E-state index in [4.69, 9.17) is 0 Å². The van der Waals surface area contributed by atoms with Gasteiger partial charge < -0.3 is 0 Å². The molecule has 2 aliphatic rings. The molecule has 0 amide bonds. The van der Waals surface area contributed by atoms with Gasteiger partial charge in [0.05, 0.1) is 0 Å². The number of halogens is 2. The molecule has 0 radical (unpaired) electrons. The Kier molecular flexibility index (Phi) is 7.60. The molecule has 0 aliphatic heterocycles. The summed E-state index contributed by atoms with van der Waals surface area (Å²) in [4.78, 5) is 0. The van der Waals surface area contributed by atoms with Gasteiger partial charge in [0, 0.05) is 11.5 Å². The van der Waals surface area contributed by atoms with Crippen LogP contribution in [0.4, 0.5) is 8.78 Å². The molecule has 2 aromatic rings. The Morgan fingerprint density at radius 2 is 1.56 bits per heavy atom. The zero-order valence-electron chi connectivity index (χ0n) is 19.5. The molecule has 4 rings (SSSR count). The van der Waals surface area contributed by atoms with Crippen LogP contribution in [0.5, 0.6) is 0 Å². The maximum atomic E-state index is 14.3. The summed E-state index contributed by atoms with van der Waals surface area (Å²) in [7, 11) is 0. The zero-order chi connectivity index (χ0) is 22.5. The average molecular weight is 435 g/mol. The van der Waals surface area contributed by atoms with Crippen LogP contribution in [0.15, 0.2) is 60.7 Å². The lowest BCUT2D eigenvalue weighted by atomic mass is 9.79. The van der Waals surface area contributed by atoms with E-state index in [-0.39, 0.29) is 0 Å². The highest BCUT2D eigenvalue weighted by atomic mass is 19.2. The molecule has 2 aromatic carbocycles. The summed E-state index contributed by atoms with van der Waals surface area (Å²) in [6, 6.07) is 11.2. The molecular formula is C30H36F2. The normalized spacial score (nSPS) is 26.0. The third-order valence-electron chi connectivity index (χ3n) is 7.55. The predicted molar refractivity (Wildman–Crippen MR) is 131 cm³/mol. The van der Waals surface area contributed by atoms with Crippen molar-refractivity contribution in [2.45, 2.75) is 71.1 Å². The fourth-order valence-electron chi connectivity index (χ4n) is 5.44. The first kappa shape index (κ1) is 23.0. The number of rotatable bonds is 6. The van der Waals surface area contributed by atoms with Gasteiger partial charge in [0.25, 0.3) is 0 Å². The van der Waals surface area contributed by atoms with E-state index in [1.165, 1.54) is 50.5 Å². The zero-order valence-corrected chi connectivity index (χ0v) is 19.5. The first-order valence-electron chi connectivity index (χ1n) is 12.5. The quantitative estimate of drug-likeness (QED) is 0.398. The largest absolute Gasteiger partial charge is 0.203 e. The van der Waals surface area contributed by atoms with Crippen LogP contribution in [0.2, 0.25) is 0 Å². The van der Waals surface area contributed by atoms with E-state index in [0.717, 1.165) is 23.8 Å². The number of hydrogen-bond donors (Lipinski definition) is 0. The number of allylic oxidation sites excluding steroid dienone is 4. The molecule has 2 aliphatic carbocycles. The second-order valence-corrected chi connectivity index (χ2v) is 9.87. The highest BCUT2D eigenvalue weighted by Gasteiger charge is 2.20. The number of hydrogen-bond acceptors (Lipinski definition) is 0. The standard InChI is InChI=1S/C30H36F2/c1-3-4-22-6-8-23(9-7-22)10-11-24-12-14-25(15-13-24)26-16-18-27(19-17-26)28-20-5-21(2)29(31)30(28)32/h5,10-12,14,16-20,22-25H,3-4,6-9,13,15H2,1-2H3/b11-10+. The van der Waals surface area contributed by atoms with Crippen molar-refractivity contribution >= 4 is 0 Å². The number of aryl methyl sites for hydroxylation is 1. The van der Waals surface area contributed by atoms with Gasteiger partial charge in [0.1, 0.15) is 0 Å². The lowest BCUT2D eigenvalue weighted by Crippen LogP contribution is -2.13. The van der Waals surface area contributed by atoms with Crippen LogP contribution in [0.25, 0.3) is 11.1 Å². The monoisotopic (exact) mass is 434 g/mol. The molecule has 0 heterocycles. The lowest BCUT2D eigenvalue weighted by molar-refractivity contribution is 0.293. The molecule has 2 unspecified atom stereocenters. The fourth-order valence-corrected chi connectivity index (χ4v) is 5.44. The van der Waals surface area contributed by atoms with Crippen LogP contribution >= 0.6 is 0 Å². The Morgan fingerprint density at radius 3 is 2.22 bits per heavy atom. The topological polar surface area (TPSA) is 0 Å². The van der Waals surface area contributed by atoms with Crippen molar-refractivity contribution in [2.75, 3.05) is 0 Å². The smallest absolute Gasteiger partial charge is 0.166 e. The van der Waals surface area contributed by atoms with Crippen LogP contribution in [-0.4, -0.2) is 0 Å². The molecule has 0 spiro atoms. The summed E-state index contributed by atoms with van der Waals surface area (Å²) < 4.78 is 28.2. The van der Waals surface area contributed by atoms with E-state index in [1.807, 2.05) is 12.1 Å². The van der Waals surface area contributed by atoms with Crippen LogP contribution in [0.1, 0.15) is 75.3 Å². The van der Waals surface area contributed by atoms with Crippen molar-refractivity contribution in [3.05, 3.63) is 83.5 Å². The van der Waals surface area contributed by atoms with E-state index in [0.29, 0.717) is 23.0 Å². The van der Waals surface area contributed by atoms with Gasteiger partial charge in [-0.25, -0.2) is 8.78 Å². The Bertz CT molecular complexity index is 946. The van der Waals surface area contributed by atoms with Gasteiger partial charge in [-0.1, -0.05) is 80.5 Å². The summed E-state index contributed by atoms with van der Waals surface area (Å²) in [5.74, 6) is 1.17. The molecule has 0 nitrogen and oxygen atoms in total. The average Bonchev–Trinajstić information content (AvgIpc) is 2.83. The third kappa shape index (κ3) is 5.39. The summed E-state index contributed by atoms with van der Waals surface area (Å²) >= 11 is 0. The SMILES string of the molecule is CCCC1CCC(/C=C/C2C=CC(c3ccc(-c4ccc(C)c(F)c4F)cc3)CC2)CC1. The van der Waals surface area contributed by atoms with Crippen molar-refractivity contribution in [3.8, 4) is 11.1 Å². The fraction of sp³-hybridized carbons (Fsp3) is 0.467. The molecular weight excluding hydrogens is 398 g/mol. The summed E-state index contributed by atoms with van der Waals surface area (Å²) in [5.41, 5.74) is 2.63. The highest BCUT2D eigenvalue weighted by molar-refractivity contribution is 5.65. The minimum absolute atomic E-state index is 0.327. The van der Waals surface area contributed by atoms with Crippen molar-refractivity contribution in [2.24, 2.45) is 17.8 Å². The molecule has 0 aromatic heterocycles. The maximum Gasteiger partial charge on any atom is 0.166 e. The van der Waals surface area contributed by atoms with Gasteiger partial charge in [-0.2, -0.15) is 0 Å². The van der Waals surface area contributed by atoms with Crippen LogP contribution in [0, 0.1) is 36.3 Å². The predicted octanol–water partition coefficient (Wildman–Crippen LogP) is 9.15. The second-order valence-electron chi connectivity index (χ2n) is 9.87. The van der Waals surface area contributed by atoms with E-state index in [9.17, 15) is 8.78 Å². The van der Waals surface area contributed by atoms with Crippen molar-refractivity contribution in [1.29, 1.82) is 0 Å². The van der Waals surface area contributed by atoms with E-state index in [1.54, 1.807) is 19.1 Å². The van der Waals surface area contributed by atoms with Gasteiger partial charge in [0.2, 0.25) is 0 Å². The molecule has 0 bridgehead atoms. The minimum atomic E-state index is -0.760. The summed E-state index contributed by atoms with van der Waals surface area (Å²) in [5, 5.41) is 0. The van der Waals surface area contributed by atoms with Gasteiger partial charge in [-0.3, -0.25) is 0 Å². The van der Waals surface area contributed by atoms with Crippen LogP contribution < -0.4 is 0 Å². The molecule has 2 heteroatoms. The van der Waals surface area contributed by atoms with Crippen molar-refractivity contribution < 1.29 is 8.78 Å². The van der Waals surface area contributed by atoms with Gasteiger partial charge in [-0.15, -0.1) is 0 Å². The summed E-state index contributed by atoms with van der Waals surface area (Å²) in [6.45, 7) is 3.88. The van der Waals surface area contributed by atoms with Crippen LogP contribution in [0.3, 0.4) is 0 Å². The Hall–Kier alpha value is -2.22. The molecule has 1 fully saturated rings. The molecule has 0 N–H and O–H groups in total. The Morgan fingerprint density at radius 1 is 0.812 bits per heavy atom. The molecule has 1 saturated carbocycles. The second kappa shape index (κ2) is 10.6. The first-order chi connectivity index (χ1) is 15.5. The van der Waals surface area contributed by atoms with Crippen molar-refractivity contribution in [1.82, 2.24) is 0 Å². The van der Waals surface area contributed by atoms with Crippen LogP contribution in [-0.2, 0) is 0 Å². The maximum absolute atomic E-state index is 14.3. The van der Waals surface area contributed by atoms with E-state index in [2.05, 4.69) is 43.4 Å². The molecule has 32 heavy (non-hydrogen) atoms. The van der Waals surface area contributed by atoms with Gasteiger partial charge >= 0.3 is 0 Å². The third-order valence-corrected chi connectivity index (χ3v) is 7.55. The summed E-state index contributed by atoms with van der Waals surface area (Å²) in [6.07, 6.45) is 20.2. The van der Waals surface area contributed by atoms with Gasteiger partial charge in [-0.05, 0) is 79.9 Å². The molecule has 2 atom stereocenters. The van der Waals surface area contributed by atoms with E-state index >= 15 is 0 Å². The van der Waals surface area contributed by atoms with Crippen molar-refractivity contribution in [3.63, 3.8) is 0 Å². The van der Waals surface area contributed by atoms with Gasteiger partial charge in [0.15, 0.2) is 11.6 Å². The van der Waals surface area contributed by atoms with E-state index < -0.39 is 11.6 Å². The lowest BCUT2D eigenvalue weighted by Gasteiger charge is -2.27. The minimum Gasteiger partial charge on any atom is -0.203 e. The number of benzene rings is 2.